The van der Waals surface area contributed by atoms with Crippen molar-refractivity contribution in [1.29, 1.82) is 15.8 Å². The van der Waals surface area contributed by atoms with E-state index in [4.69, 9.17) is 15.9 Å². The second kappa shape index (κ2) is 13.9. The van der Waals surface area contributed by atoms with Crippen molar-refractivity contribution in [3.05, 3.63) is 137 Å². The first-order chi connectivity index (χ1) is 20.3. The van der Waals surface area contributed by atoms with Crippen LogP contribution in [0.1, 0.15) is 26.4 Å². The second-order valence-electron chi connectivity index (χ2n) is 7.92. The SMILES string of the molecule is [2H]C([2H])([2H])c1ccc(-c2[c-]c([N+]#[C-])c(C#N)c(C#N)c2C#N)nc1.[Ir].[c-]1ccccc1-c1cc(-c2ccccc2)ccn1. The van der Waals surface area contributed by atoms with Crippen LogP contribution in [0, 0.1) is 59.6 Å². The Morgan fingerprint density at radius 1 is 0.825 bits per heavy atom. The molecule has 0 unspecified atom stereocenters. The Bertz CT molecular complexity index is 1840. The van der Waals surface area contributed by atoms with Crippen molar-refractivity contribution in [2.45, 2.75) is 6.85 Å². The average Bonchev–Trinajstić information content (AvgIpc) is 3.04. The second-order valence-corrected chi connectivity index (χ2v) is 7.92. The predicted octanol–water partition coefficient (Wildman–Crippen LogP) is 7.24. The summed E-state index contributed by atoms with van der Waals surface area (Å²) in [5, 5.41) is 27.7. The number of aryl methyl sites for hydroxylation is 1. The molecule has 0 saturated carbocycles. The molecule has 0 aliphatic carbocycles. The molecule has 0 bridgehead atoms. The number of nitriles is 3. The molecule has 0 fully saturated rings. The molecule has 0 aliphatic rings. The van der Waals surface area contributed by atoms with Crippen LogP contribution in [-0.2, 0) is 20.1 Å². The first kappa shape index (κ1) is 24.9. The van der Waals surface area contributed by atoms with Gasteiger partial charge < -0.3 is 9.97 Å². The zero-order valence-corrected chi connectivity index (χ0v) is 23.1. The summed E-state index contributed by atoms with van der Waals surface area (Å²) in [5.41, 5.74) is 3.89. The molecule has 5 aromatic rings. The summed E-state index contributed by atoms with van der Waals surface area (Å²) in [5.74, 6) is 0. The normalized spacial score (nSPS) is 10.8. The zero-order valence-electron chi connectivity index (χ0n) is 23.7. The van der Waals surface area contributed by atoms with E-state index in [0.29, 0.717) is 0 Å². The molecule has 0 amide bonds. The van der Waals surface area contributed by atoms with E-state index < -0.39 is 6.85 Å². The third-order valence-electron chi connectivity index (χ3n) is 5.55. The van der Waals surface area contributed by atoms with Crippen LogP contribution < -0.4 is 0 Å². The van der Waals surface area contributed by atoms with Crippen molar-refractivity contribution < 1.29 is 24.2 Å². The van der Waals surface area contributed by atoms with E-state index >= 15 is 0 Å². The number of nitrogens with zero attached hydrogens (tertiary/aromatic N) is 6. The fourth-order valence-electron chi connectivity index (χ4n) is 3.70. The molecular formula is C33H18IrN6-2. The van der Waals surface area contributed by atoms with Crippen molar-refractivity contribution in [2.75, 3.05) is 0 Å². The monoisotopic (exact) mass is 694 g/mol. The Hall–Kier alpha value is -5.43. The van der Waals surface area contributed by atoms with Gasteiger partial charge in [-0.3, -0.25) is 4.85 Å². The first-order valence-corrected chi connectivity index (χ1v) is 11.5. The molecule has 6 nitrogen and oxygen atoms in total. The van der Waals surface area contributed by atoms with Gasteiger partial charge >= 0.3 is 0 Å². The van der Waals surface area contributed by atoms with Gasteiger partial charge in [-0.15, -0.1) is 47.5 Å². The van der Waals surface area contributed by atoms with Crippen LogP contribution in [0.15, 0.2) is 91.3 Å². The molecule has 0 spiro atoms. The maximum atomic E-state index is 9.33. The van der Waals surface area contributed by atoms with Gasteiger partial charge in [0.1, 0.15) is 5.69 Å². The minimum atomic E-state index is -2.32. The molecular weight excluding hydrogens is 673 g/mol. The first-order valence-electron chi connectivity index (χ1n) is 13.0. The predicted molar refractivity (Wildman–Crippen MR) is 148 cm³/mol. The average molecular weight is 694 g/mol. The Kier molecular flexibility index (Phi) is 8.66. The number of hydrogen-bond acceptors (Lipinski definition) is 5. The van der Waals surface area contributed by atoms with Crippen LogP contribution in [0.2, 0.25) is 0 Å². The van der Waals surface area contributed by atoms with E-state index in [0.717, 1.165) is 17.5 Å². The molecule has 191 valence electrons. The Balaban J connectivity index is 0.000000238. The van der Waals surface area contributed by atoms with Crippen LogP contribution in [0.25, 0.3) is 38.5 Å². The topological polar surface area (TPSA) is 102 Å². The minimum absolute atomic E-state index is 0. The minimum Gasteiger partial charge on any atom is -0.305 e. The maximum Gasteiger partial charge on any atom is 0.124 e. The largest absolute Gasteiger partial charge is 0.305 e. The van der Waals surface area contributed by atoms with Crippen molar-refractivity contribution in [1.82, 2.24) is 9.97 Å². The number of rotatable bonds is 3. The van der Waals surface area contributed by atoms with E-state index in [2.05, 4.69) is 45.1 Å². The number of aromatic nitrogens is 2. The van der Waals surface area contributed by atoms with Gasteiger partial charge in [0.2, 0.25) is 0 Å². The summed E-state index contributed by atoms with van der Waals surface area (Å²) >= 11 is 0. The molecule has 0 saturated heterocycles. The summed E-state index contributed by atoms with van der Waals surface area (Å²) < 4.78 is 22.0. The van der Waals surface area contributed by atoms with E-state index in [-0.39, 0.29) is 59.3 Å². The Morgan fingerprint density at radius 2 is 1.57 bits per heavy atom. The summed E-state index contributed by atoms with van der Waals surface area (Å²) in [4.78, 5) is 11.6. The van der Waals surface area contributed by atoms with Crippen molar-refractivity contribution in [2.24, 2.45) is 0 Å². The number of benzene rings is 3. The quantitative estimate of drug-likeness (QED) is 0.186. The molecule has 3 aromatic carbocycles. The van der Waals surface area contributed by atoms with E-state index in [1.165, 1.54) is 23.3 Å². The maximum absolute atomic E-state index is 9.33. The van der Waals surface area contributed by atoms with Crippen LogP contribution in [0.4, 0.5) is 5.69 Å². The fourth-order valence-corrected chi connectivity index (χ4v) is 3.70. The van der Waals surface area contributed by atoms with Gasteiger partial charge in [0.05, 0.1) is 12.6 Å². The molecule has 0 N–H and O–H groups in total. The van der Waals surface area contributed by atoms with Gasteiger partial charge in [0.15, 0.2) is 0 Å². The third kappa shape index (κ3) is 6.52. The van der Waals surface area contributed by atoms with Crippen LogP contribution in [-0.4, -0.2) is 9.97 Å². The molecule has 5 rings (SSSR count). The number of hydrogen-bond donors (Lipinski definition) is 0. The van der Waals surface area contributed by atoms with Crippen molar-refractivity contribution >= 4 is 5.69 Å². The summed E-state index contributed by atoms with van der Waals surface area (Å²) in [6.45, 7) is 4.80. The summed E-state index contributed by atoms with van der Waals surface area (Å²) in [6.07, 6.45) is 2.98. The molecule has 0 aliphatic heterocycles. The van der Waals surface area contributed by atoms with Crippen LogP contribution >= 0.6 is 0 Å². The van der Waals surface area contributed by atoms with Gasteiger partial charge in [-0.05, 0) is 57.7 Å². The van der Waals surface area contributed by atoms with Gasteiger partial charge in [-0.25, -0.2) is 10.5 Å². The number of pyridine rings is 2. The smallest absolute Gasteiger partial charge is 0.124 e. The standard InChI is InChI=1S/C17H12N.C16H6N5.Ir/c1-3-7-14(8-4-1)16-11-12-18-17(13-16)15-9-5-2-6-10-15;1-10-3-4-15(21-9-10)11-5-16(20-2)14(8-19)13(7-18)12(11)6-17;/h1-9,11-13H;3-4,9H,1H3;/q2*-1;/i;1D3;. The fraction of sp³-hybridized carbons (Fsp3) is 0.0303. The van der Waals surface area contributed by atoms with Crippen LogP contribution in [0.3, 0.4) is 0 Å². The Labute approximate surface area is 250 Å². The third-order valence-corrected chi connectivity index (χ3v) is 5.55. The van der Waals surface area contributed by atoms with Crippen molar-refractivity contribution in [3.63, 3.8) is 0 Å². The molecule has 2 heterocycles. The Morgan fingerprint density at radius 3 is 2.17 bits per heavy atom. The van der Waals surface area contributed by atoms with Gasteiger partial charge in [0, 0.05) is 48.7 Å². The van der Waals surface area contributed by atoms with E-state index in [1.54, 1.807) is 12.1 Å². The summed E-state index contributed by atoms with van der Waals surface area (Å²) in [6, 6.07) is 36.2. The molecule has 1 radical (unpaired) electrons. The molecule has 7 heteroatoms. The van der Waals surface area contributed by atoms with Gasteiger partial charge in [-0.1, -0.05) is 48.5 Å². The molecule has 2 aromatic heterocycles. The van der Waals surface area contributed by atoms with E-state index in [1.807, 2.05) is 60.8 Å². The van der Waals surface area contributed by atoms with Gasteiger partial charge in [-0.2, -0.15) is 5.26 Å². The van der Waals surface area contributed by atoms with Crippen molar-refractivity contribution in [3.8, 4) is 51.8 Å². The van der Waals surface area contributed by atoms with Crippen LogP contribution in [0.5, 0.6) is 0 Å². The molecule has 40 heavy (non-hydrogen) atoms. The van der Waals surface area contributed by atoms with Gasteiger partial charge in [0.25, 0.3) is 0 Å². The zero-order chi connectivity index (χ0) is 30.1. The molecule has 0 atom stereocenters. The summed E-state index contributed by atoms with van der Waals surface area (Å²) in [7, 11) is 0. The van der Waals surface area contributed by atoms with E-state index in [9.17, 15) is 10.5 Å².